The summed E-state index contributed by atoms with van der Waals surface area (Å²) in [5.41, 5.74) is 18.4. The Hall–Kier alpha value is -9.42. The van der Waals surface area contributed by atoms with Crippen LogP contribution in [0.1, 0.15) is 115 Å². The van der Waals surface area contributed by atoms with Crippen molar-refractivity contribution < 1.29 is 33.0 Å². The number of carbonyl (C=O) groups excluding carboxylic acids is 2. The Bertz CT molecular complexity index is 4390. The SMILES string of the molecule is CCCCn1c2[n+](c3ccccc31)CC[N+]1=C2C(CCCCN2c3ccccc3N(CCCCn3c4[n+](c5ccccc53)CC[n+]3c-4n(CCCC)c4ccccc43)c3ccccc32)c2ccccc21.O=C([O-])c1ccccc1C(=O)c1ccccc1. The van der Waals surface area contributed by atoms with Gasteiger partial charge in [0.25, 0.3) is 5.71 Å². The first-order chi connectivity index (χ1) is 42.9. The summed E-state index contributed by atoms with van der Waals surface area (Å²) in [6.45, 7) is 13.7. The molecule has 436 valence electrons. The van der Waals surface area contributed by atoms with E-state index in [0.717, 1.165) is 91.0 Å². The Kier molecular flexibility index (Phi) is 15.4. The van der Waals surface area contributed by atoms with Crippen LogP contribution in [-0.4, -0.2) is 55.4 Å². The van der Waals surface area contributed by atoms with Gasteiger partial charge in [0.1, 0.15) is 13.1 Å². The smallest absolute Gasteiger partial charge is 0.374 e. The maximum Gasteiger partial charge on any atom is 0.374 e. The molecular formula is C75H76N9O3+3. The first-order valence-electron chi connectivity index (χ1n) is 31.8. The van der Waals surface area contributed by atoms with Crippen molar-refractivity contribution in [3.8, 4) is 11.6 Å². The molecule has 0 amide bonds. The van der Waals surface area contributed by atoms with Gasteiger partial charge < -0.3 is 19.7 Å². The molecule has 7 heterocycles. The molecule has 0 saturated carbocycles. The molecule has 0 N–H and O–H groups in total. The van der Waals surface area contributed by atoms with Crippen LogP contribution in [0.15, 0.2) is 200 Å². The van der Waals surface area contributed by atoms with E-state index in [1.807, 2.05) is 0 Å². The van der Waals surface area contributed by atoms with Crippen LogP contribution in [0.2, 0.25) is 0 Å². The lowest BCUT2D eigenvalue weighted by molar-refractivity contribution is -0.772. The number of carboxylic acids is 1. The molecule has 3 aromatic heterocycles. The molecule has 4 aliphatic rings. The number of aromatic nitrogens is 6. The second-order valence-electron chi connectivity index (χ2n) is 23.7. The largest absolute Gasteiger partial charge is 0.545 e. The number of rotatable bonds is 19. The zero-order chi connectivity index (χ0) is 59.0. The van der Waals surface area contributed by atoms with Gasteiger partial charge in [0.15, 0.2) is 52.0 Å². The second kappa shape index (κ2) is 24.2. The van der Waals surface area contributed by atoms with Crippen LogP contribution in [0.3, 0.4) is 0 Å². The summed E-state index contributed by atoms with van der Waals surface area (Å²) in [6.07, 6.45) is 10.3. The van der Waals surface area contributed by atoms with Crippen LogP contribution in [0, 0.1) is 0 Å². The molecular weight excluding hydrogens is 1070 g/mol. The van der Waals surface area contributed by atoms with Gasteiger partial charge in [0.05, 0.1) is 54.3 Å². The first kappa shape index (κ1) is 55.5. The van der Waals surface area contributed by atoms with Gasteiger partial charge in [-0.3, -0.25) is 4.79 Å². The standard InChI is InChI=1S/C61H67N9.C14H10O3/c1-3-5-36-65-52-30-13-16-33-55(52)68-42-41-64-47-25-8-7-23-45(47)46(58(64)59(65)68)24-19-20-38-62-48-26-9-11-28-50(48)63(51-29-12-10-27-49(51)62)39-21-22-40-67-54-32-15-18-35-57(54)70-44-43-69-56-34-17-14-31-53(56)66(37-6-4-2)60(69)61(67)70;15-13(10-6-2-1-3-7-10)11-8-4-5-9-12(11)14(16)17/h7-18,23,25-35,46H,3-6,19-22,24,36-44H2,1-2H3;1-9H,(H,16,17)/q+4;/p-1. The number of anilines is 4. The molecule has 12 nitrogen and oxygen atoms in total. The summed E-state index contributed by atoms with van der Waals surface area (Å²) in [5, 5.41) is 10.9. The van der Waals surface area contributed by atoms with Crippen molar-refractivity contribution in [1.82, 2.24) is 13.7 Å². The molecule has 1 atom stereocenters. The number of unbranched alkanes of at least 4 members (excludes halogenated alkanes) is 4. The van der Waals surface area contributed by atoms with Gasteiger partial charge in [-0.1, -0.05) is 167 Å². The molecule has 12 heteroatoms. The van der Waals surface area contributed by atoms with Gasteiger partial charge >= 0.3 is 17.5 Å². The van der Waals surface area contributed by atoms with E-state index < -0.39 is 5.97 Å². The number of aromatic carboxylic acids is 1. The number of para-hydroxylation sites is 11. The van der Waals surface area contributed by atoms with Gasteiger partial charge in [-0.05, 0) is 99.2 Å². The third kappa shape index (κ3) is 9.89. The van der Waals surface area contributed by atoms with E-state index in [9.17, 15) is 14.7 Å². The fraction of sp³-hybridized carbons (Fsp3) is 0.280. The minimum Gasteiger partial charge on any atom is -0.545 e. The number of hydrogen-bond donors (Lipinski definition) is 0. The van der Waals surface area contributed by atoms with Crippen molar-refractivity contribution in [2.75, 3.05) is 29.4 Å². The predicted octanol–water partition coefficient (Wildman–Crippen LogP) is 13.2. The fourth-order valence-corrected chi connectivity index (χ4v) is 14.7. The summed E-state index contributed by atoms with van der Waals surface area (Å²) in [4.78, 5) is 28.2. The predicted molar refractivity (Wildman–Crippen MR) is 344 cm³/mol. The number of carboxylic acid groups (broad SMARTS) is 1. The number of fused-ring (bicyclic) bond motifs is 15. The molecule has 0 aliphatic carbocycles. The van der Waals surface area contributed by atoms with Crippen LogP contribution in [0.25, 0.3) is 44.7 Å². The summed E-state index contributed by atoms with van der Waals surface area (Å²) in [6, 6.07) is 69.5. The molecule has 0 radical (unpaired) electrons. The minimum absolute atomic E-state index is 0.0821. The lowest BCUT2D eigenvalue weighted by Gasteiger charge is -2.40. The highest BCUT2D eigenvalue weighted by Gasteiger charge is 2.50. The average Bonchev–Trinajstić information content (AvgIpc) is 1.61. The maximum atomic E-state index is 12.1. The van der Waals surface area contributed by atoms with Gasteiger partial charge in [-0.25, -0.2) is 27.4 Å². The lowest BCUT2D eigenvalue weighted by atomic mass is 9.90. The Balaban J connectivity index is 0.000000339. The maximum absolute atomic E-state index is 12.1. The third-order valence-electron chi connectivity index (χ3n) is 18.6. The molecule has 87 heavy (non-hydrogen) atoms. The number of aryl methyl sites for hydroxylation is 5. The van der Waals surface area contributed by atoms with Crippen molar-refractivity contribution in [3.05, 3.63) is 228 Å². The summed E-state index contributed by atoms with van der Waals surface area (Å²) >= 11 is 0. The number of nitrogens with zero attached hydrogens (tertiary/aromatic N) is 9. The Labute approximate surface area is 509 Å². The number of benzene rings is 8. The van der Waals surface area contributed by atoms with Crippen LogP contribution < -0.4 is 28.6 Å². The van der Waals surface area contributed by atoms with Gasteiger partial charge in [0, 0.05) is 41.4 Å². The van der Waals surface area contributed by atoms with E-state index in [2.05, 4.69) is 201 Å². The van der Waals surface area contributed by atoms with Crippen molar-refractivity contribution >= 4 is 79.0 Å². The molecule has 15 rings (SSSR count). The summed E-state index contributed by atoms with van der Waals surface area (Å²) < 4.78 is 18.5. The van der Waals surface area contributed by atoms with Crippen LogP contribution in [-0.2, 0) is 39.3 Å². The zero-order valence-corrected chi connectivity index (χ0v) is 50.1. The summed E-state index contributed by atoms with van der Waals surface area (Å²) in [5.74, 6) is 2.87. The summed E-state index contributed by atoms with van der Waals surface area (Å²) in [7, 11) is 0. The first-order valence-corrected chi connectivity index (χ1v) is 31.8. The number of carbonyl (C=O) groups is 2. The van der Waals surface area contributed by atoms with Crippen LogP contribution in [0.5, 0.6) is 0 Å². The number of imidazole rings is 3. The van der Waals surface area contributed by atoms with Gasteiger partial charge in [0.2, 0.25) is 5.69 Å². The Morgan fingerprint density at radius 2 is 0.839 bits per heavy atom. The zero-order valence-electron chi connectivity index (χ0n) is 50.1. The van der Waals surface area contributed by atoms with E-state index >= 15 is 0 Å². The van der Waals surface area contributed by atoms with Crippen molar-refractivity contribution in [2.45, 2.75) is 117 Å². The van der Waals surface area contributed by atoms with E-state index in [1.165, 1.54) is 128 Å². The second-order valence-corrected chi connectivity index (χ2v) is 23.7. The molecule has 11 aromatic rings. The van der Waals surface area contributed by atoms with Gasteiger partial charge in [-0.15, -0.1) is 0 Å². The topological polar surface area (TPSA) is 93.1 Å². The Morgan fingerprint density at radius 1 is 0.425 bits per heavy atom. The number of hydrogen-bond acceptors (Lipinski definition) is 5. The van der Waals surface area contributed by atoms with Crippen molar-refractivity contribution in [1.29, 1.82) is 0 Å². The Morgan fingerprint density at radius 3 is 1.38 bits per heavy atom. The molecule has 0 saturated heterocycles. The van der Waals surface area contributed by atoms with E-state index in [1.54, 1.807) is 42.5 Å². The van der Waals surface area contributed by atoms with E-state index in [-0.39, 0.29) is 16.9 Å². The highest BCUT2D eigenvalue weighted by atomic mass is 16.4. The molecule has 1 unspecified atom stereocenters. The van der Waals surface area contributed by atoms with E-state index in [0.29, 0.717) is 11.5 Å². The van der Waals surface area contributed by atoms with E-state index in [4.69, 9.17) is 0 Å². The molecule has 0 spiro atoms. The normalized spacial score (nSPS) is 14.5. The highest BCUT2D eigenvalue weighted by molar-refractivity contribution is 6.14. The molecule has 0 fully saturated rings. The minimum atomic E-state index is -1.34. The third-order valence-corrected chi connectivity index (χ3v) is 18.6. The molecule has 8 aromatic carbocycles. The highest BCUT2D eigenvalue weighted by Crippen LogP contribution is 2.48. The quantitative estimate of drug-likeness (QED) is 0.0457. The average molecular weight is 1150 g/mol. The lowest BCUT2D eigenvalue weighted by Crippen LogP contribution is -2.53. The molecule has 4 aliphatic heterocycles. The molecule has 0 bridgehead atoms. The fourth-order valence-electron chi connectivity index (χ4n) is 14.7. The van der Waals surface area contributed by atoms with Crippen molar-refractivity contribution in [2.24, 2.45) is 0 Å². The number of ketones is 1. The van der Waals surface area contributed by atoms with Gasteiger partial charge in [-0.2, -0.15) is 4.58 Å². The van der Waals surface area contributed by atoms with Crippen LogP contribution in [0.4, 0.5) is 28.4 Å². The monoisotopic (exact) mass is 1150 g/mol. The van der Waals surface area contributed by atoms with Crippen LogP contribution >= 0.6 is 0 Å². The van der Waals surface area contributed by atoms with Crippen molar-refractivity contribution in [3.63, 3.8) is 0 Å².